The lowest BCUT2D eigenvalue weighted by Gasteiger charge is -2.11. The minimum absolute atomic E-state index is 0.103. The van der Waals surface area contributed by atoms with E-state index in [2.05, 4.69) is 20.8 Å². The highest BCUT2D eigenvalue weighted by molar-refractivity contribution is 5.30. The Kier molecular flexibility index (Phi) is 3.56. The SMILES string of the molecule is C[C@@H](NCc1nnnn1-c1ccccc1)c1ccco1. The van der Waals surface area contributed by atoms with E-state index in [4.69, 9.17) is 4.42 Å². The van der Waals surface area contributed by atoms with Crippen molar-refractivity contribution in [1.82, 2.24) is 25.5 Å². The smallest absolute Gasteiger partial charge is 0.170 e. The molecule has 0 spiro atoms. The molecule has 0 aliphatic heterocycles. The van der Waals surface area contributed by atoms with Crippen molar-refractivity contribution in [3.05, 3.63) is 60.3 Å². The predicted molar refractivity (Wildman–Crippen MR) is 73.1 cm³/mol. The van der Waals surface area contributed by atoms with Crippen LogP contribution in [0.1, 0.15) is 24.6 Å². The van der Waals surface area contributed by atoms with Gasteiger partial charge < -0.3 is 9.73 Å². The van der Waals surface area contributed by atoms with Gasteiger partial charge in [-0.3, -0.25) is 0 Å². The first kappa shape index (κ1) is 12.6. The van der Waals surface area contributed by atoms with E-state index in [1.54, 1.807) is 10.9 Å². The summed E-state index contributed by atoms with van der Waals surface area (Å²) in [7, 11) is 0. The zero-order chi connectivity index (χ0) is 13.8. The average molecular weight is 269 g/mol. The maximum atomic E-state index is 5.36. The maximum absolute atomic E-state index is 5.36. The fourth-order valence-electron chi connectivity index (χ4n) is 1.97. The molecule has 6 nitrogen and oxygen atoms in total. The summed E-state index contributed by atoms with van der Waals surface area (Å²) >= 11 is 0. The van der Waals surface area contributed by atoms with Gasteiger partial charge in [0, 0.05) is 0 Å². The number of para-hydroxylation sites is 1. The minimum atomic E-state index is 0.103. The first-order valence-corrected chi connectivity index (χ1v) is 6.44. The van der Waals surface area contributed by atoms with Crippen molar-refractivity contribution in [2.24, 2.45) is 0 Å². The first-order valence-electron chi connectivity index (χ1n) is 6.44. The summed E-state index contributed by atoms with van der Waals surface area (Å²) in [4.78, 5) is 0. The second-order valence-electron chi connectivity index (χ2n) is 4.46. The molecule has 1 atom stereocenters. The van der Waals surface area contributed by atoms with Crippen LogP contribution in [0.3, 0.4) is 0 Å². The van der Waals surface area contributed by atoms with Crippen molar-refractivity contribution in [1.29, 1.82) is 0 Å². The molecule has 3 rings (SSSR count). The number of nitrogens with zero attached hydrogens (tertiary/aromatic N) is 4. The van der Waals surface area contributed by atoms with Crippen LogP contribution in [0.25, 0.3) is 5.69 Å². The lowest BCUT2D eigenvalue weighted by molar-refractivity contribution is 0.425. The topological polar surface area (TPSA) is 68.8 Å². The number of hydrogen-bond donors (Lipinski definition) is 1. The molecule has 0 saturated heterocycles. The largest absolute Gasteiger partial charge is 0.468 e. The van der Waals surface area contributed by atoms with E-state index in [0.717, 1.165) is 17.3 Å². The third-order valence-corrected chi connectivity index (χ3v) is 3.07. The van der Waals surface area contributed by atoms with Gasteiger partial charge in [0.05, 0.1) is 24.5 Å². The number of furan rings is 1. The van der Waals surface area contributed by atoms with Crippen molar-refractivity contribution < 1.29 is 4.42 Å². The van der Waals surface area contributed by atoms with E-state index in [9.17, 15) is 0 Å². The average Bonchev–Trinajstić information content (AvgIpc) is 3.17. The first-order chi connectivity index (χ1) is 9.84. The summed E-state index contributed by atoms with van der Waals surface area (Å²) in [5, 5.41) is 15.2. The van der Waals surface area contributed by atoms with Crippen molar-refractivity contribution in [2.75, 3.05) is 0 Å². The van der Waals surface area contributed by atoms with E-state index >= 15 is 0 Å². The molecule has 0 fully saturated rings. The highest BCUT2D eigenvalue weighted by atomic mass is 16.3. The van der Waals surface area contributed by atoms with Crippen LogP contribution in [0.4, 0.5) is 0 Å². The van der Waals surface area contributed by atoms with E-state index in [-0.39, 0.29) is 6.04 Å². The summed E-state index contributed by atoms with van der Waals surface area (Å²) in [5.74, 6) is 1.65. The molecule has 0 bridgehead atoms. The molecule has 2 heterocycles. The van der Waals surface area contributed by atoms with Crippen molar-refractivity contribution in [3.8, 4) is 5.69 Å². The zero-order valence-corrected chi connectivity index (χ0v) is 11.1. The van der Waals surface area contributed by atoms with E-state index in [0.29, 0.717) is 6.54 Å². The van der Waals surface area contributed by atoms with Crippen molar-refractivity contribution >= 4 is 0 Å². The van der Waals surface area contributed by atoms with Gasteiger partial charge in [0.15, 0.2) is 5.82 Å². The Bertz CT molecular complexity index is 647. The molecular formula is C14H15N5O. The summed E-state index contributed by atoms with van der Waals surface area (Å²) in [6.07, 6.45) is 1.67. The number of aromatic nitrogens is 4. The zero-order valence-electron chi connectivity index (χ0n) is 11.1. The molecule has 0 radical (unpaired) electrons. The summed E-state index contributed by atoms with van der Waals surface area (Å²) in [5.41, 5.74) is 0.944. The van der Waals surface area contributed by atoms with Gasteiger partial charge in [0.1, 0.15) is 5.76 Å². The van der Waals surface area contributed by atoms with Crippen molar-refractivity contribution in [3.63, 3.8) is 0 Å². The Balaban J connectivity index is 1.72. The van der Waals surface area contributed by atoms with E-state index in [1.807, 2.05) is 49.4 Å². The fraction of sp³-hybridized carbons (Fsp3) is 0.214. The Labute approximate surface area is 116 Å². The number of tetrazole rings is 1. The van der Waals surface area contributed by atoms with Gasteiger partial charge >= 0.3 is 0 Å². The van der Waals surface area contributed by atoms with Gasteiger partial charge in [-0.15, -0.1) is 5.10 Å². The Hall–Kier alpha value is -2.47. The summed E-state index contributed by atoms with van der Waals surface area (Å²) in [6, 6.07) is 13.7. The van der Waals surface area contributed by atoms with Gasteiger partial charge in [0.2, 0.25) is 0 Å². The molecule has 0 saturated carbocycles. The van der Waals surface area contributed by atoms with Gasteiger partial charge in [0.25, 0.3) is 0 Å². The molecule has 0 aliphatic carbocycles. The van der Waals surface area contributed by atoms with Crippen LogP contribution in [-0.2, 0) is 6.54 Å². The Morgan fingerprint density at radius 3 is 2.80 bits per heavy atom. The normalized spacial score (nSPS) is 12.4. The quantitative estimate of drug-likeness (QED) is 0.768. The molecular weight excluding hydrogens is 254 g/mol. The van der Waals surface area contributed by atoms with Crippen LogP contribution in [-0.4, -0.2) is 20.2 Å². The molecule has 0 unspecified atom stereocenters. The predicted octanol–water partition coefficient (Wildman–Crippen LogP) is 2.11. The van der Waals surface area contributed by atoms with Crippen molar-refractivity contribution in [2.45, 2.75) is 19.5 Å². The molecule has 102 valence electrons. The third kappa shape index (κ3) is 2.60. The molecule has 6 heteroatoms. The second kappa shape index (κ2) is 5.66. The van der Waals surface area contributed by atoms with E-state index < -0.39 is 0 Å². The monoisotopic (exact) mass is 269 g/mol. The fourth-order valence-corrected chi connectivity index (χ4v) is 1.97. The highest BCUT2D eigenvalue weighted by Crippen LogP contribution is 2.13. The van der Waals surface area contributed by atoms with Crippen LogP contribution in [0.15, 0.2) is 53.1 Å². The summed E-state index contributed by atoms with van der Waals surface area (Å²) in [6.45, 7) is 2.60. The minimum Gasteiger partial charge on any atom is -0.468 e. The number of benzene rings is 1. The molecule has 0 amide bonds. The lowest BCUT2D eigenvalue weighted by Crippen LogP contribution is -2.20. The van der Waals surface area contributed by atoms with Crippen LogP contribution in [0, 0.1) is 0 Å². The van der Waals surface area contributed by atoms with Gasteiger partial charge in [-0.05, 0) is 41.6 Å². The van der Waals surface area contributed by atoms with Gasteiger partial charge in [-0.2, -0.15) is 4.68 Å². The van der Waals surface area contributed by atoms with Crippen LogP contribution in [0.2, 0.25) is 0 Å². The number of rotatable bonds is 5. The Morgan fingerprint density at radius 2 is 2.05 bits per heavy atom. The molecule has 0 aliphatic rings. The third-order valence-electron chi connectivity index (χ3n) is 3.07. The highest BCUT2D eigenvalue weighted by Gasteiger charge is 2.11. The van der Waals surface area contributed by atoms with Crippen LogP contribution >= 0.6 is 0 Å². The number of hydrogen-bond acceptors (Lipinski definition) is 5. The standard InChI is InChI=1S/C14H15N5O/c1-11(13-8-5-9-20-13)15-10-14-16-17-18-19(14)12-6-3-2-4-7-12/h2-9,11,15H,10H2,1H3/t11-/m1/s1. The van der Waals surface area contributed by atoms with E-state index in [1.165, 1.54) is 0 Å². The van der Waals surface area contributed by atoms with Gasteiger partial charge in [-0.1, -0.05) is 18.2 Å². The maximum Gasteiger partial charge on any atom is 0.170 e. The molecule has 3 aromatic rings. The Morgan fingerprint density at radius 1 is 1.20 bits per heavy atom. The molecule has 1 N–H and O–H groups in total. The lowest BCUT2D eigenvalue weighted by atomic mass is 10.2. The van der Waals surface area contributed by atoms with Crippen LogP contribution < -0.4 is 5.32 Å². The molecule has 1 aromatic carbocycles. The van der Waals surface area contributed by atoms with Gasteiger partial charge in [-0.25, -0.2) is 0 Å². The summed E-state index contributed by atoms with van der Waals surface area (Å²) < 4.78 is 7.08. The molecule has 20 heavy (non-hydrogen) atoms. The second-order valence-corrected chi connectivity index (χ2v) is 4.46. The van der Waals surface area contributed by atoms with Crippen LogP contribution in [0.5, 0.6) is 0 Å². The molecule has 2 aromatic heterocycles. The number of nitrogens with one attached hydrogen (secondary N) is 1.